The monoisotopic (exact) mass is 221 g/mol. The molecule has 3 heteroatoms. The van der Waals surface area contributed by atoms with Crippen molar-refractivity contribution in [2.75, 3.05) is 13.7 Å². The van der Waals surface area contributed by atoms with Gasteiger partial charge in [0.2, 0.25) is 0 Å². The maximum Gasteiger partial charge on any atom is 0.136 e. The fourth-order valence-electron chi connectivity index (χ4n) is 1.87. The second-order valence-electron chi connectivity index (χ2n) is 3.59. The van der Waals surface area contributed by atoms with Crippen molar-refractivity contribution in [2.24, 2.45) is 5.73 Å². The minimum atomic E-state index is 0.697. The molecule has 0 spiro atoms. The summed E-state index contributed by atoms with van der Waals surface area (Å²) in [6, 6.07) is 4.13. The van der Waals surface area contributed by atoms with E-state index in [0.717, 1.165) is 12.2 Å². The smallest absolute Gasteiger partial charge is 0.136 e. The Labute approximate surface area is 93.7 Å². The molecule has 0 bridgehead atoms. The second kappa shape index (κ2) is 4.21. The van der Waals surface area contributed by atoms with Crippen molar-refractivity contribution in [2.45, 2.75) is 13.3 Å². The Bertz CT molecular complexity index is 476. The molecule has 1 aromatic heterocycles. The first-order chi connectivity index (χ1) is 7.27. The van der Waals surface area contributed by atoms with Gasteiger partial charge in [0, 0.05) is 5.39 Å². The predicted molar refractivity (Wildman–Crippen MR) is 65.9 cm³/mol. The van der Waals surface area contributed by atoms with Gasteiger partial charge in [-0.3, -0.25) is 0 Å². The number of benzene rings is 1. The zero-order valence-corrected chi connectivity index (χ0v) is 9.86. The highest BCUT2D eigenvalue weighted by Crippen LogP contribution is 2.36. The van der Waals surface area contributed by atoms with Crippen LogP contribution in [0.15, 0.2) is 17.5 Å². The molecule has 0 saturated heterocycles. The number of methoxy groups -OCH3 is 1. The second-order valence-corrected chi connectivity index (χ2v) is 4.47. The zero-order valence-electron chi connectivity index (χ0n) is 9.04. The minimum Gasteiger partial charge on any atom is -0.495 e. The molecular weight excluding hydrogens is 206 g/mol. The molecule has 15 heavy (non-hydrogen) atoms. The summed E-state index contributed by atoms with van der Waals surface area (Å²) in [7, 11) is 1.71. The summed E-state index contributed by atoms with van der Waals surface area (Å²) in [5, 5.41) is 3.51. The molecule has 1 heterocycles. The van der Waals surface area contributed by atoms with Crippen molar-refractivity contribution >= 4 is 21.4 Å². The standard InChI is InChI=1S/C12H15NOS/c1-8-3-4-10(14-2)12-11(8)9(5-6-13)7-15-12/h3-4,7H,5-6,13H2,1-2H3. The van der Waals surface area contributed by atoms with Gasteiger partial charge < -0.3 is 10.5 Å². The highest BCUT2D eigenvalue weighted by molar-refractivity contribution is 7.17. The Morgan fingerprint density at radius 3 is 2.87 bits per heavy atom. The van der Waals surface area contributed by atoms with Crippen molar-refractivity contribution in [3.05, 3.63) is 28.6 Å². The molecule has 2 aromatic rings. The van der Waals surface area contributed by atoms with Crippen LogP contribution in [-0.2, 0) is 6.42 Å². The SMILES string of the molecule is COc1ccc(C)c2c(CCN)csc12. The van der Waals surface area contributed by atoms with Crippen LogP contribution >= 0.6 is 11.3 Å². The van der Waals surface area contributed by atoms with Crippen LogP contribution in [0.2, 0.25) is 0 Å². The van der Waals surface area contributed by atoms with E-state index in [-0.39, 0.29) is 0 Å². The maximum absolute atomic E-state index is 5.60. The third-order valence-electron chi connectivity index (χ3n) is 2.60. The molecule has 0 radical (unpaired) electrons. The number of aryl methyl sites for hydroxylation is 1. The lowest BCUT2D eigenvalue weighted by Crippen LogP contribution is -2.02. The number of fused-ring (bicyclic) bond motifs is 1. The fourth-order valence-corrected chi connectivity index (χ4v) is 3.04. The third-order valence-corrected chi connectivity index (χ3v) is 3.65. The molecule has 0 fully saturated rings. The number of rotatable bonds is 3. The van der Waals surface area contributed by atoms with Crippen LogP contribution in [0, 0.1) is 6.92 Å². The minimum absolute atomic E-state index is 0.697. The molecule has 0 atom stereocenters. The van der Waals surface area contributed by atoms with E-state index in [1.807, 2.05) is 6.07 Å². The van der Waals surface area contributed by atoms with Gasteiger partial charge in [-0.2, -0.15) is 0 Å². The first kappa shape index (κ1) is 10.5. The van der Waals surface area contributed by atoms with Crippen LogP contribution in [0.5, 0.6) is 5.75 Å². The first-order valence-electron chi connectivity index (χ1n) is 5.01. The van der Waals surface area contributed by atoms with E-state index in [9.17, 15) is 0 Å². The third kappa shape index (κ3) is 1.73. The van der Waals surface area contributed by atoms with E-state index in [4.69, 9.17) is 10.5 Å². The molecule has 0 saturated carbocycles. The van der Waals surface area contributed by atoms with Gasteiger partial charge in [0.15, 0.2) is 0 Å². The predicted octanol–water partition coefficient (Wildman–Crippen LogP) is 2.72. The van der Waals surface area contributed by atoms with E-state index in [2.05, 4.69) is 18.4 Å². The lowest BCUT2D eigenvalue weighted by Gasteiger charge is -2.05. The quantitative estimate of drug-likeness (QED) is 0.865. The Balaban J connectivity index is 2.67. The molecule has 80 valence electrons. The number of hydrogen-bond acceptors (Lipinski definition) is 3. The van der Waals surface area contributed by atoms with Gasteiger partial charge in [0.25, 0.3) is 0 Å². The summed E-state index contributed by atoms with van der Waals surface area (Å²) < 4.78 is 6.59. The van der Waals surface area contributed by atoms with Gasteiger partial charge in [-0.1, -0.05) is 6.07 Å². The van der Waals surface area contributed by atoms with Gasteiger partial charge in [-0.05, 0) is 42.5 Å². The molecule has 2 rings (SSSR count). The number of ether oxygens (including phenoxy) is 1. The van der Waals surface area contributed by atoms with Crippen LogP contribution in [0.3, 0.4) is 0 Å². The summed E-state index contributed by atoms with van der Waals surface area (Å²) in [4.78, 5) is 0. The van der Waals surface area contributed by atoms with Crippen LogP contribution in [0.4, 0.5) is 0 Å². The molecule has 0 unspecified atom stereocenters. The summed E-state index contributed by atoms with van der Waals surface area (Å²) >= 11 is 1.74. The van der Waals surface area contributed by atoms with Crippen LogP contribution in [0.25, 0.3) is 10.1 Å². The zero-order chi connectivity index (χ0) is 10.8. The summed E-state index contributed by atoms with van der Waals surface area (Å²) in [6.45, 7) is 2.83. The van der Waals surface area contributed by atoms with Crippen molar-refractivity contribution < 1.29 is 4.74 Å². The largest absolute Gasteiger partial charge is 0.495 e. The molecular formula is C12H15NOS. The topological polar surface area (TPSA) is 35.2 Å². The van der Waals surface area contributed by atoms with Crippen LogP contribution in [0.1, 0.15) is 11.1 Å². The van der Waals surface area contributed by atoms with Gasteiger partial charge in [-0.25, -0.2) is 0 Å². The highest BCUT2D eigenvalue weighted by atomic mass is 32.1. The lowest BCUT2D eigenvalue weighted by molar-refractivity contribution is 0.420. The summed E-state index contributed by atoms with van der Waals surface area (Å²) in [6.07, 6.45) is 0.938. The molecule has 0 aliphatic heterocycles. The molecule has 0 aliphatic rings. The number of hydrogen-bond donors (Lipinski definition) is 1. The van der Waals surface area contributed by atoms with Gasteiger partial charge in [0.1, 0.15) is 5.75 Å². The molecule has 0 amide bonds. The molecule has 2 N–H and O–H groups in total. The first-order valence-corrected chi connectivity index (χ1v) is 5.89. The van der Waals surface area contributed by atoms with Gasteiger partial charge in [-0.15, -0.1) is 11.3 Å². The molecule has 0 aliphatic carbocycles. The van der Waals surface area contributed by atoms with E-state index < -0.39 is 0 Å². The van der Waals surface area contributed by atoms with Crippen molar-refractivity contribution in [1.82, 2.24) is 0 Å². The van der Waals surface area contributed by atoms with Crippen LogP contribution in [-0.4, -0.2) is 13.7 Å². The highest BCUT2D eigenvalue weighted by Gasteiger charge is 2.10. The average molecular weight is 221 g/mol. The number of nitrogens with two attached hydrogens (primary N) is 1. The molecule has 2 nitrogen and oxygen atoms in total. The van der Waals surface area contributed by atoms with E-state index >= 15 is 0 Å². The van der Waals surface area contributed by atoms with E-state index in [0.29, 0.717) is 6.54 Å². The van der Waals surface area contributed by atoms with Crippen LogP contribution < -0.4 is 10.5 Å². The Hall–Kier alpha value is -1.06. The number of thiophene rings is 1. The maximum atomic E-state index is 5.60. The van der Waals surface area contributed by atoms with Gasteiger partial charge in [0.05, 0.1) is 11.8 Å². The summed E-state index contributed by atoms with van der Waals surface area (Å²) in [5.41, 5.74) is 8.25. The van der Waals surface area contributed by atoms with Gasteiger partial charge >= 0.3 is 0 Å². The average Bonchev–Trinajstić information content (AvgIpc) is 2.64. The Morgan fingerprint density at radius 1 is 1.40 bits per heavy atom. The normalized spacial score (nSPS) is 10.9. The molecule has 1 aromatic carbocycles. The Morgan fingerprint density at radius 2 is 2.20 bits per heavy atom. The summed E-state index contributed by atoms with van der Waals surface area (Å²) in [5.74, 6) is 0.962. The van der Waals surface area contributed by atoms with E-state index in [1.165, 1.54) is 21.2 Å². The Kier molecular flexibility index (Phi) is 2.93. The lowest BCUT2D eigenvalue weighted by atomic mass is 10.1. The fraction of sp³-hybridized carbons (Fsp3) is 0.333. The van der Waals surface area contributed by atoms with E-state index in [1.54, 1.807) is 18.4 Å². The van der Waals surface area contributed by atoms with Crippen molar-refractivity contribution in [3.63, 3.8) is 0 Å². The van der Waals surface area contributed by atoms with Crippen molar-refractivity contribution in [1.29, 1.82) is 0 Å². The van der Waals surface area contributed by atoms with Crippen molar-refractivity contribution in [3.8, 4) is 5.75 Å².